The van der Waals surface area contributed by atoms with Crippen LogP contribution >= 0.6 is 0 Å². The van der Waals surface area contributed by atoms with Crippen molar-refractivity contribution in [2.45, 2.75) is 0 Å². The van der Waals surface area contributed by atoms with Crippen LogP contribution < -0.4 is 0 Å². The van der Waals surface area contributed by atoms with E-state index in [1.54, 1.807) is 6.33 Å². The Balaban J connectivity index is 0.929. The van der Waals surface area contributed by atoms with Gasteiger partial charge < -0.3 is 9.13 Å². The fraction of sp³-hybridized carbons (Fsp3) is 0. The molecule has 0 N–H and O–H groups in total. The molecule has 0 spiro atoms. The molecule has 11 aromatic rings. The average molecular weight is 715 g/mol. The first kappa shape index (κ1) is 31.9. The molecule has 0 saturated heterocycles. The SMILES string of the molecule is c1cc(-c2cccc(-n3c4ccccc4c4ccccc43)c2)cc(-c2cc(-c3cccc(-c4cccc(-n5c6ccccc6c6ccccc65)c4)c3)ncn2)c1. The number of para-hydroxylation sites is 4. The molecular formula is C52H34N4. The van der Waals surface area contributed by atoms with Crippen LogP contribution in [0.25, 0.3) is 99.8 Å². The number of fused-ring (bicyclic) bond motifs is 6. The van der Waals surface area contributed by atoms with E-state index in [0.717, 1.165) is 56.1 Å². The highest BCUT2D eigenvalue weighted by atomic mass is 15.0. The summed E-state index contributed by atoms with van der Waals surface area (Å²) in [5.74, 6) is 0. The van der Waals surface area contributed by atoms with Crippen LogP contribution in [0.1, 0.15) is 0 Å². The lowest BCUT2D eigenvalue weighted by Gasteiger charge is -2.12. The van der Waals surface area contributed by atoms with Crippen molar-refractivity contribution in [3.8, 4) is 56.1 Å². The number of aromatic nitrogens is 4. The van der Waals surface area contributed by atoms with Crippen molar-refractivity contribution in [3.63, 3.8) is 0 Å². The van der Waals surface area contributed by atoms with Crippen molar-refractivity contribution in [2.24, 2.45) is 0 Å². The zero-order valence-corrected chi connectivity index (χ0v) is 30.4. The molecule has 8 aromatic carbocycles. The smallest absolute Gasteiger partial charge is 0.116 e. The molecule has 4 heteroatoms. The van der Waals surface area contributed by atoms with E-state index in [1.165, 1.54) is 43.6 Å². The normalized spacial score (nSPS) is 11.6. The summed E-state index contributed by atoms with van der Waals surface area (Å²) >= 11 is 0. The van der Waals surface area contributed by atoms with Crippen LogP contribution in [0.15, 0.2) is 207 Å². The minimum absolute atomic E-state index is 0.883. The summed E-state index contributed by atoms with van der Waals surface area (Å²) in [7, 11) is 0. The Morgan fingerprint density at radius 2 is 0.589 bits per heavy atom. The maximum absolute atomic E-state index is 4.75. The number of benzene rings is 8. The summed E-state index contributed by atoms with van der Waals surface area (Å²) in [4.78, 5) is 9.50. The molecule has 4 nitrogen and oxygen atoms in total. The fourth-order valence-electron chi connectivity index (χ4n) is 8.44. The maximum Gasteiger partial charge on any atom is 0.116 e. The Morgan fingerprint density at radius 3 is 0.982 bits per heavy atom. The van der Waals surface area contributed by atoms with Gasteiger partial charge in [-0.1, -0.05) is 133 Å². The Labute approximate surface area is 324 Å². The molecule has 0 saturated carbocycles. The third kappa shape index (κ3) is 5.31. The average Bonchev–Trinajstić information content (AvgIpc) is 3.80. The topological polar surface area (TPSA) is 35.6 Å². The summed E-state index contributed by atoms with van der Waals surface area (Å²) in [5, 5.41) is 5.03. The van der Waals surface area contributed by atoms with Crippen LogP contribution in [0.4, 0.5) is 0 Å². The second kappa shape index (κ2) is 13.1. The van der Waals surface area contributed by atoms with Gasteiger partial charge in [0.1, 0.15) is 6.33 Å². The number of nitrogens with zero attached hydrogens (tertiary/aromatic N) is 4. The summed E-state index contributed by atoms with van der Waals surface area (Å²) in [6, 6.07) is 71.6. The molecule has 262 valence electrons. The molecule has 0 fully saturated rings. The quantitative estimate of drug-likeness (QED) is 0.172. The predicted octanol–water partition coefficient (Wildman–Crippen LogP) is 13.3. The van der Waals surface area contributed by atoms with Gasteiger partial charge in [0.15, 0.2) is 0 Å². The first-order valence-electron chi connectivity index (χ1n) is 19.0. The van der Waals surface area contributed by atoms with E-state index >= 15 is 0 Å². The Kier molecular flexibility index (Phi) is 7.46. The third-order valence-electron chi connectivity index (χ3n) is 11.0. The van der Waals surface area contributed by atoms with Gasteiger partial charge in [-0.25, -0.2) is 9.97 Å². The number of hydrogen-bond acceptors (Lipinski definition) is 2. The summed E-state index contributed by atoms with van der Waals surface area (Å²) in [5.41, 5.74) is 15.5. The zero-order chi connectivity index (χ0) is 37.0. The van der Waals surface area contributed by atoms with Gasteiger partial charge in [0.05, 0.1) is 33.5 Å². The molecule has 3 heterocycles. The second-order valence-corrected chi connectivity index (χ2v) is 14.3. The molecule has 3 aromatic heterocycles. The molecule has 0 atom stereocenters. The van der Waals surface area contributed by atoms with Gasteiger partial charge in [-0.15, -0.1) is 0 Å². The van der Waals surface area contributed by atoms with Gasteiger partial charge in [0.2, 0.25) is 0 Å². The van der Waals surface area contributed by atoms with Crippen molar-refractivity contribution in [1.29, 1.82) is 0 Å². The van der Waals surface area contributed by atoms with Crippen LogP contribution in [0.5, 0.6) is 0 Å². The van der Waals surface area contributed by atoms with E-state index in [-0.39, 0.29) is 0 Å². The molecule has 0 aliphatic heterocycles. The third-order valence-corrected chi connectivity index (χ3v) is 11.0. The predicted molar refractivity (Wildman–Crippen MR) is 232 cm³/mol. The molecule has 0 unspecified atom stereocenters. The Hall–Kier alpha value is -7.56. The molecule has 0 radical (unpaired) electrons. The number of hydrogen-bond donors (Lipinski definition) is 0. The van der Waals surface area contributed by atoms with Crippen molar-refractivity contribution in [3.05, 3.63) is 207 Å². The molecule has 0 aliphatic rings. The van der Waals surface area contributed by atoms with Crippen molar-refractivity contribution in [2.75, 3.05) is 0 Å². The van der Waals surface area contributed by atoms with Gasteiger partial charge in [-0.2, -0.15) is 0 Å². The van der Waals surface area contributed by atoms with Gasteiger partial charge in [0, 0.05) is 44.0 Å². The van der Waals surface area contributed by atoms with Gasteiger partial charge in [-0.3, -0.25) is 0 Å². The van der Waals surface area contributed by atoms with Gasteiger partial charge in [-0.05, 0) is 89.0 Å². The molecule has 11 rings (SSSR count). The first-order chi connectivity index (χ1) is 27.8. The molecule has 0 aliphatic carbocycles. The minimum atomic E-state index is 0.883. The first-order valence-corrected chi connectivity index (χ1v) is 19.0. The van der Waals surface area contributed by atoms with E-state index < -0.39 is 0 Å². The molecular weight excluding hydrogens is 681 g/mol. The summed E-state index contributed by atoms with van der Waals surface area (Å²) in [6.07, 6.45) is 1.68. The lowest BCUT2D eigenvalue weighted by atomic mass is 9.99. The summed E-state index contributed by atoms with van der Waals surface area (Å²) in [6.45, 7) is 0. The standard InChI is InChI=1S/C52H34N4/c1-5-25-49-43(21-1)44-22-2-6-26-50(44)55(49)41-19-11-15-37(31-41)35-13-9-17-39(29-35)47-33-48(54-34-53-47)40-18-10-14-36(30-40)38-16-12-20-42(32-38)56-51-27-7-3-23-45(51)46-24-4-8-28-52(46)56/h1-34H. The minimum Gasteiger partial charge on any atom is -0.309 e. The zero-order valence-electron chi connectivity index (χ0n) is 30.4. The van der Waals surface area contributed by atoms with Gasteiger partial charge in [0.25, 0.3) is 0 Å². The molecule has 0 bridgehead atoms. The van der Waals surface area contributed by atoms with E-state index in [4.69, 9.17) is 9.97 Å². The maximum atomic E-state index is 4.75. The van der Waals surface area contributed by atoms with Gasteiger partial charge >= 0.3 is 0 Å². The summed E-state index contributed by atoms with van der Waals surface area (Å²) < 4.78 is 4.73. The van der Waals surface area contributed by atoms with Crippen molar-refractivity contribution in [1.82, 2.24) is 19.1 Å². The Morgan fingerprint density at radius 1 is 0.268 bits per heavy atom. The van der Waals surface area contributed by atoms with Crippen molar-refractivity contribution >= 4 is 43.6 Å². The fourth-order valence-corrected chi connectivity index (χ4v) is 8.44. The van der Waals surface area contributed by atoms with E-state index in [9.17, 15) is 0 Å². The lowest BCUT2D eigenvalue weighted by molar-refractivity contribution is 1.17. The largest absolute Gasteiger partial charge is 0.309 e. The van der Waals surface area contributed by atoms with Crippen LogP contribution in [0.2, 0.25) is 0 Å². The number of rotatable bonds is 6. The second-order valence-electron chi connectivity index (χ2n) is 14.3. The van der Waals surface area contributed by atoms with E-state index in [0.29, 0.717) is 0 Å². The van der Waals surface area contributed by atoms with E-state index in [2.05, 4.69) is 209 Å². The van der Waals surface area contributed by atoms with Crippen molar-refractivity contribution < 1.29 is 0 Å². The monoisotopic (exact) mass is 714 g/mol. The van der Waals surface area contributed by atoms with Crippen LogP contribution in [-0.2, 0) is 0 Å². The highest BCUT2D eigenvalue weighted by Crippen LogP contribution is 2.36. The van der Waals surface area contributed by atoms with Crippen LogP contribution in [0, 0.1) is 0 Å². The van der Waals surface area contributed by atoms with Crippen LogP contribution in [-0.4, -0.2) is 19.1 Å². The van der Waals surface area contributed by atoms with E-state index in [1.807, 2.05) is 0 Å². The molecule has 56 heavy (non-hydrogen) atoms. The highest BCUT2D eigenvalue weighted by Gasteiger charge is 2.15. The molecule has 0 amide bonds. The van der Waals surface area contributed by atoms with Crippen LogP contribution in [0.3, 0.4) is 0 Å². The Bertz CT molecular complexity index is 2950. The lowest BCUT2D eigenvalue weighted by Crippen LogP contribution is -1.94. The highest BCUT2D eigenvalue weighted by molar-refractivity contribution is 6.10.